The normalized spacial score (nSPS) is 10.2. The van der Waals surface area contributed by atoms with Crippen molar-refractivity contribution in [3.8, 4) is 23.0 Å². The molecule has 24 heavy (non-hydrogen) atoms. The van der Waals surface area contributed by atoms with Crippen molar-refractivity contribution in [1.29, 1.82) is 0 Å². The number of hydrogen-bond donors (Lipinski definition) is 0. The highest BCUT2D eigenvalue weighted by Crippen LogP contribution is 2.19. The minimum Gasteiger partial charge on any atom is -0.461 e. The second-order valence-corrected chi connectivity index (χ2v) is 4.69. The van der Waals surface area contributed by atoms with Gasteiger partial charge in [-0.15, -0.1) is 10.2 Å². The van der Waals surface area contributed by atoms with Crippen LogP contribution in [0.1, 0.15) is 17.4 Å². The molecular formula is C17H14N4O3. The first kappa shape index (κ1) is 15.5. The number of hydrogen-bond acceptors (Lipinski definition) is 7. The van der Waals surface area contributed by atoms with Crippen molar-refractivity contribution in [3.63, 3.8) is 0 Å². The standard InChI is InChI=1S/C17H14N4O3/c1-2-23-16(22)15-9-8-14(20-21-15)12-10-18-17(19-11-12)24-13-6-4-3-5-7-13/h3-11H,2H2,1H3. The Hall–Kier alpha value is -3.35. The lowest BCUT2D eigenvalue weighted by Crippen LogP contribution is -2.08. The molecule has 0 unspecified atom stereocenters. The number of ether oxygens (including phenoxy) is 2. The summed E-state index contributed by atoms with van der Waals surface area (Å²) in [4.78, 5) is 19.8. The van der Waals surface area contributed by atoms with E-state index in [1.165, 1.54) is 0 Å². The quantitative estimate of drug-likeness (QED) is 0.667. The van der Waals surface area contributed by atoms with Crippen LogP contribution in [0.3, 0.4) is 0 Å². The highest BCUT2D eigenvalue weighted by Gasteiger charge is 2.10. The number of rotatable bonds is 5. The summed E-state index contributed by atoms with van der Waals surface area (Å²) in [5, 5.41) is 7.85. The lowest BCUT2D eigenvalue weighted by Gasteiger charge is -2.04. The minimum absolute atomic E-state index is 0.158. The van der Waals surface area contributed by atoms with E-state index in [0.717, 1.165) is 0 Å². The zero-order valence-corrected chi connectivity index (χ0v) is 12.9. The van der Waals surface area contributed by atoms with Gasteiger partial charge >= 0.3 is 12.0 Å². The van der Waals surface area contributed by atoms with Crippen molar-refractivity contribution in [3.05, 3.63) is 60.6 Å². The van der Waals surface area contributed by atoms with E-state index in [1.54, 1.807) is 31.5 Å². The fraction of sp³-hybridized carbons (Fsp3) is 0.118. The smallest absolute Gasteiger partial charge is 0.358 e. The third kappa shape index (κ3) is 3.70. The van der Waals surface area contributed by atoms with Gasteiger partial charge in [-0.05, 0) is 31.2 Å². The van der Waals surface area contributed by atoms with Crippen LogP contribution >= 0.6 is 0 Å². The molecule has 1 aromatic carbocycles. The van der Waals surface area contributed by atoms with E-state index in [1.807, 2.05) is 30.3 Å². The molecule has 3 aromatic rings. The summed E-state index contributed by atoms with van der Waals surface area (Å²) in [7, 11) is 0. The van der Waals surface area contributed by atoms with Crippen LogP contribution in [0.25, 0.3) is 11.3 Å². The molecule has 120 valence electrons. The van der Waals surface area contributed by atoms with Crippen molar-refractivity contribution in [1.82, 2.24) is 20.2 Å². The van der Waals surface area contributed by atoms with Crippen LogP contribution in [0.5, 0.6) is 11.8 Å². The molecule has 7 nitrogen and oxygen atoms in total. The molecule has 0 aliphatic heterocycles. The maximum Gasteiger partial charge on any atom is 0.358 e. The third-order valence-electron chi connectivity index (χ3n) is 3.03. The van der Waals surface area contributed by atoms with Crippen molar-refractivity contribution >= 4 is 5.97 Å². The Morgan fingerprint density at radius 3 is 2.38 bits per heavy atom. The van der Waals surface area contributed by atoms with Gasteiger partial charge in [-0.3, -0.25) is 0 Å². The van der Waals surface area contributed by atoms with Crippen molar-refractivity contribution in [2.75, 3.05) is 6.61 Å². The summed E-state index contributed by atoms with van der Waals surface area (Å²) in [5.74, 6) is 0.156. The Balaban J connectivity index is 1.72. The average Bonchev–Trinajstić information content (AvgIpc) is 2.64. The van der Waals surface area contributed by atoms with E-state index < -0.39 is 5.97 Å². The lowest BCUT2D eigenvalue weighted by molar-refractivity contribution is 0.0518. The van der Waals surface area contributed by atoms with Gasteiger partial charge in [-0.1, -0.05) is 18.2 Å². The molecule has 0 radical (unpaired) electrons. The van der Waals surface area contributed by atoms with E-state index in [-0.39, 0.29) is 11.7 Å². The highest BCUT2D eigenvalue weighted by molar-refractivity contribution is 5.87. The second-order valence-electron chi connectivity index (χ2n) is 4.69. The molecule has 7 heteroatoms. The second kappa shape index (κ2) is 7.28. The van der Waals surface area contributed by atoms with Gasteiger partial charge in [0.25, 0.3) is 0 Å². The number of nitrogens with zero attached hydrogens (tertiary/aromatic N) is 4. The van der Waals surface area contributed by atoms with Gasteiger partial charge in [0.2, 0.25) is 0 Å². The Morgan fingerprint density at radius 1 is 1.00 bits per heavy atom. The molecule has 0 amide bonds. The Kier molecular flexibility index (Phi) is 4.71. The van der Waals surface area contributed by atoms with Gasteiger partial charge in [-0.2, -0.15) is 0 Å². The molecule has 0 atom stereocenters. The maximum absolute atomic E-state index is 11.5. The number of aromatic nitrogens is 4. The topological polar surface area (TPSA) is 87.1 Å². The number of carbonyl (C=O) groups excluding carboxylic acids is 1. The maximum atomic E-state index is 11.5. The largest absolute Gasteiger partial charge is 0.461 e. The summed E-state index contributed by atoms with van der Waals surface area (Å²) in [5.41, 5.74) is 1.37. The fourth-order valence-electron chi connectivity index (χ4n) is 1.90. The molecule has 2 aromatic heterocycles. The molecule has 0 aliphatic carbocycles. The zero-order chi connectivity index (χ0) is 16.8. The molecule has 0 spiro atoms. The lowest BCUT2D eigenvalue weighted by atomic mass is 10.2. The van der Waals surface area contributed by atoms with Gasteiger partial charge in [0.1, 0.15) is 5.75 Å². The van der Waals surface area contributed by atoms with Crippen LogP contribution in [0, 0.1) is 0 Å². The molecule has 0 saturated heterocycles. The van der Waals surface area contributed by atoms with Crippen LogP contribution in [0.4, 0.5) is 0 Å². The number of carbonyl (C=O) groups is 1. The Bertz CT molecular complexity index is 806. The first-order valence-electron chi connectivity index (χ1n) is 7.32. The Labute approximate surface area is 138 Å². The summed E-state index contributed by atoms with van der Waals surface area (Å²) < 4.78 is 10.4. The summed E-state index contributed by atoms with van der Waals surface area (Å²) in [6.07, 6.45) is 3.17. The zero-order valence-electron chi connectivity index (χ0n) is 12.9. The van der Waals surface area contributed by atoms with Gasteiger partial charge < -0.3 is 9.47 Å². The van der Waals surface area contributed by atoms with E-state index >= 15 is 0 Å². The molecule has 0 saturated carbocycles. The van der Waals surface area contributed by atoms with Crippen LogP contribution in [-0.2, 0) is 4.74 Å². The third-order valence-corrected chi connectivity index (χ3v) is 3.03. The minimum atomic E-state index is -0.501. The van der Waals surface area contributed by atoms with Gasteiger partial charge in [0, 0.05) is 18.0 Å². The van der Waals surface area contributed by atoms with Crippen LogP contribution in [0.15, 0.2) is 54.9 Å². The number of para-hydroxylation sites is 1. The molecule has 0 aliphatic rings. The fourth-order valence-corrected chi connectivity index (χ4v) is 1.90. The van der Waals surface area contributed by atoms with Crippen LogP contribution < -0.4 is 4.74 Å². The molecule has 0 bridgehead atoms. The summed E-state index contributed by atoms with van der Waals surface area (Å²) in [6, 6.07) is 12.7. The van der Waals surface area contributed by atoms with E-state index in [0.29, 0.717) is 23.6 Å². The van der Waals surface area contributed by atoms with Crippen molar-refractivity contribution in [2.45, 2.75) is 6.92 Å². The first-order chi connectivity index (χ1) is 11.8. The summed E-state index contributed by atoms with van der Waals surface area (Å²) in [6.45, 7) is 2.02. The van der Waals surface area contributed by atoms with Crippen LogP contribution in [-0.4, -0.2) is 32.7 Å². The van der Waals surface area contributed by atoms with E-state index in [4.69, 9.17) is 9.47 Å². The SMILES string of the molecule is CCOC(=O)c1ccc(-c2cnc(Oc3ccccc3)nc2)nn1. The van der Waals surface area contributed by atoms with E-state index in [9.17, 15) is 4.79 Å². The summed E-state index contributed by atoms with van der Waals surface area (Å²) >= 11 is 0. The van der Waals surface area contributed by atoms with Gasteiger partial charge in [0.15, 0.2) is 5.69 Å². The van der Waals surface area contributed by atoms with Gasteiger partial charge in [-0.25, -0.2) is 14.8 Å². The van der Waals surface area contributed by atoms with Crippen LogP contribution in [0.2, 0.25) is 0 Å². The van der Waals surface area contributed by atoms with E-state index in [2.05, 4.69) is 20.2 Å². The predicted molar refractivity (Wildman–Crippen MR) is 85.5 cm³/mol. The number of benzene rings is 1. The first-order valence-corrected chi connectivity index (χ1v) is 7.32. The average molecular weight is 322 g/mol. The molecular weight excluding hydrogens is 308 g/mol. The molecule has 0 fully saturated rings. The van der Waals surface area contributed by atoms with Gasteiger partial charge in [0.05, 0.1) is 12.3 Å². The number of esters is 1. The Morgan fingerprint density at radius 2 is 1.75 bits per heavy atom. The molecule has 3 rings (SSSR count). The predicted octanol–water partition coefficient (Wildman–Crippen LogP) is 2.90. The van der Waals surface area contributed by atoms with Crippen molar-refractivity contribution < 1.29 is 14.3 Å². The highest BCUT2D eigenvalue weighted by atomic mass is 16.5. The van der Waals surface area contributed by atoms with Crippen molar-refractivity contribution in [2.24, 2.45) is 0 Å². The molecule has 2 heterocycles. The molecule has 0 N–H and O–H groups in total. The monoisotopic (exact) mass is 322 g/mol.